The Morgan fingerprint density at radius 1 is 1.00 bits per heavy atom. The Hall–Kier alpha value is -2.94. The molecule has 0 radical (unpaired) electrons. The van der Waals surface area contributed by atoms with Crippen LogP contribution in [0.2, 0.25) is 0 Å². The smallest absolute Gasteiger partial charge is 0.191 e. The van der Waals surface area contributed by atoms with E-state index in [1.54, 1.807) is 42.5 Å². The number of fused-ring (bicyclic) bond motifs is 1. The summed E-state index contributed by atoms with van der Waals surface area (Å²) in [6, 6.07) is 19.6. The predicted octanol–water partition coefficient (Wildman–Crippen LogP) is 1.92. The molecule has 0 amide bonds. The second-order valence-corrected chi connectivity index (χ2v) is 8.74. The number of benzene rings is 3. The van der Waals surface area contributed by atoms with E-state index in [9.17, 15) is 13.5 Å². The van der Waals surface area contributed by atoms with Gasteiger partial charge in [0, 0.05) is 24.3 Å². The Bertz CT molecular complexity index is 1100. The summed E-state index contributed by atoms with van der Waals surface area (Å²) in [4.78, 5) is 0.252. The molecular weight excluding hydrogens is 388 g/mol. The number of nitrogens with one attached hydrogen (secondary N) is 3. The standard InChI is InChI=1S/C21H24N4O3S/c22-21(23)16-5-8-18(9-6-16)25-13-19(26)12-24-14-29(27,28)20-10-7-15-3-1-2-4-17(15)11-20/h1-11,19,24-26H,12-14H2,(H3,22,23). The molecule has 0 fully saturated rings. The number of sulfone groups is 1. The molecule has 0 heterocycles. The highest BCUT2D eigenvalue weighted by Crippen LogP contribution is 2.19. The van der Waals surface area contributed by atoms with E-state index in [-0.39, 0.29) is 29.7 Å². The van der Waals surface area contributed by atoms with Crippen molar-refractivity contribution in [2.75, 3.05) is 24.3 Å². The van der Waals surface area contributed by atoms with E-state index in [2.05, 4.69) is 10.6 Å². The summed E-state index contributed by atoms with van der Waals surface area (Å²) in [6.45, 7) is 0.383. The number of nitrogen functional groups attached to an aromatic ring is 1. The number of hydrogen-bond acceptors (Lipinski definition) is 6. The van der Waals surface area contributed by atoms with E-state index in [0.717, 1.165) is 16.5 Å². The minimum atomic E-state index is -3.50. The molecule has 1 unspecified atom stereocenters. The Labute approximate surface area is 170 Å². The molecule has 3 aromatic carbocycles. The van der Waals surface area contributed by atoms with Crippen LogP contribution in [-0.4, -0.2) is 44.4 Å². The first kappa shape index (κ1) is 20.8. The molecule has 152 valence electrons. The highest BCUT2D eigenvalue weighted by molar-refractivity contribution is 7.91. The average Bonchev–Trinajstić information content (AvgIpc) is 2.72. The van der Waals surface area contributed by atoms with Crippen LogP contribution in [0, 0.1) is 5.41 Å². The molecule has 3 aromatic rings. The van der Waals surface area contributed by atoms with E-state index in [1.807, 2.05) is 24.3 Å². The fraction of sp³-hybridized carbons (Fsp3) is 0.190. The highest BCUT2D eigenvalue weighted by Gasteiger charge is 2.15. The maximum absolute atomic E-state index is 12.5. The molecular formula is C21H24N4O3S. The first-order valence-electron chi connectivity index (χ1n) is 9.14. The Morgan fingerprint density at radius 2 is 1.69 bits per heavy atom. The Morgan fingerprint density at radius 3 is 2.38 bits per heavy atom. The third-order valence-corrected chi connectivity index (χ3v) is 6.05. The lowest BCUT2D eigenvalue weighted by atomic mass is 10.1. The minimum Gasteiger partial charge on any atom is -0.390 e. The minimum absolute atomic E-state index is 0.00610. The topological polar surface area (TPSA) is 128 Å². The molecule has 0 aromatic heterocycles. The molecule has 0 saturated carbocycles. The van der Waals surface area contributed by atoms with E-state index < -0.39 is 15.9 Å². The summed E-state index contributed by atoms with van der Waals surface area (Å²) in [5.41, 5.74) is 6.81. The molecule has 0 aliphatic heterocycles. The molecule has 0 bridgehead atoms. The molecule has 0 aliphatic carbocycles. The number of hydrogen-bond donors (Lipinski definition) is 5. The van der Waals surface area contributed by atoms with Gasteiger partial charge in [-0.15, -0.1) is 0 Å². The van der Waals surface area contributed by atoms with Crippen LogP contribution in [0.4, 0.5) is 5.69 Å². The van der Waals surface area contributed by atoms with E-state index >= 15 is 0 Å². The van der Waals surface area contributed by atoms with Crippen molar-refractivity contribution in [1.82, 2.24) is 5.32 Å². The van der Waals surface area contributed by atoms with Crippen LogP contribution in [0.5, 0.6) is 0 Å². The number of anilines is 1. The van der Waals surface area contributed by atoms with Gasteiger partial charge in [0.05, 0.1) is 11.0 Å². The van der Waals surface area contributed by atoms with Crippen molar-refractivity contribution in [3.8, 4) is 0 Å². The van der Waals surface area contributed by atoms with Crippen LogP contribution in [0.3, 0.4) is 0 Å². The van der Waals surface area contributed by atoms with Gasteiger partial charge in [-0.05, 0) is 47.2 Å². The summed E-state index contributed by atoms with van der Waals surface area (Å²) in [5, 5.41) is 25.2. The zero-order valence-electron chi connectivity index (χ0n) is 15.8. The van der Waals surface area contributed by atoms with Crippen LogP contribution in [-0.2, 0) is 9.84 Å². The largest absolute Gasteiger partial charge is 0.390 e. The second kappa shape index (κ2) is 9.04. The lowest BCUT2D eigenvalue weighted by Crippen LogP contribution is -2.35. The summed E-state index contributed by atoms with van der Waals surface area (Å²) >= 11 is 0. The normalized spacial score (nSPS) is 12.6. The zero-order chi connectivity index (χ0) is 20.9. The van der Waals surface area contributed by atoms with Gasteiger partial charge in [0.15, 0.2) is 9.84 Å². The predicted molar refractivity (Wildman–Crippen MR) is 116 cm³/mol. The van der Waals surface area contributed by atoms with Crippen molar-refractivity contribution in [2.45, 2.75) is 11.0 Å². The van der Waals surface area contributed by atoms with E-state index in [0.29, 0.717) is 5.56 Å². The van der Waals surface area contributed by atoms with Crippen molar-refractivity contribution in [3.05, 3.63) is 72.3 Å². The monoisotopic (exact) mass is 412 g/mol. The zero-order valence-corrected chi connectivity index (χ0v) is 16.6. The highest BCUT2D eigenvalue weighted by atomic mass is 32.2. The van der Waals surface area contributed by atoms with Crippen molar-refractivity contribution in [2.24, 2.45) is 5.73 Å². The number of amidine groups is 1. The first-order valence-corrected chi connectivity index (χ1v) is 10.8. The summed E-state index contributed by atoms with van der Waals surface area (Å²) < 4.78 is 25.1. The first-order chi connectivity index (χ1) is 13.8. The lowest BCUT2D eigenvalue weighted by molar-refractivity contribution is 0.186. The van der Waals surface area contributed by atoms with Gasteiger partial charge in [-0.3, -0.25) is 5.41 Å². The molecule has 0 saturated heterocycles. The van der Waals surface area contributed by atoms with Gasteiger partial charge in [0.2, 0.25) is 0 Å². The molecule has 0 aliphatic rings. The summed E-state index contributed by atoms with van der Waals surface area (Å²) in [7, 11) is -3.50. The molecule has 7 nitrogen and oxygen atoms in total. The van der Waals surface area contributed by atoms with Gasteiger partial charge >= 0.3 is 0 Å². The Kier molecular flexibility index (Phi) is 6.48. The summed E-state index contributed by atoms with van der Waals surface area (Å²) in [5.74, 6) is -0.260. The van der Waals surface area contributed by atoms with Gasteiger partial charge in [0.25, 0.3) is 0 Å². The lowest BCUT2D eigenvalue weighted by Gasteiger charge is -2.14. The third-order valence-electron chi connectivity index (χ3n) is 4.49. The van der Waals surface area contributed by atoms with Crippen LogP contribution in [0.25, 0.3) is 10.8 Å². The molecule has 8 heteroatoms. The fourth-order valence-electron chi connectivity index (χ4n) is 2.88. The number of aliphatic hydroxyl groups is 1. The van der Waals surface area contributed by atoms with Crippen LogP contribution in [0.1, 0.15) is 5.56 Å². The number of rotatable bonds is 9. The van der Waals surface area contributed by atoms with Crippen LogP contribution < -0.4 is 16.4 Å². The van der Waals surface area contributed by atoms with Crippen molar-refractivity contribution in [3.63, 3.8) is 0 Å². The van der Waals surface area contributed by atoms with Gasteiger partial charge in [-0.1, -0.05) is 30.3 Å². The maximum Gasteiger partial charge on any atom is 0.191 e. The molecule has 0 spiro atoms. The van der Waals surface area contributed by atoms with Gasteiger partial charge in [-0.2, -0.15) is 0 Å². The van der Waals surface area contributed by atoms with Gasteiger partial charge in [0.1, 0.15) is 11.7 Å². The quantitative estimate of drug-likeness (QED) is 0.270. The molecule has 1 atom stereocenters. The molecule has 3 rings (SSSR count). The molecule has 6 N–H and O–H groups in total. The number of nitrogens with two attached hydrogens (primary N) is 1. The number of aliphatic hydroxyl groups excluding tert-OH is 1. The van der Waals surface area contributed by atoms with E-state index in [1.165, 1.54) is 0 Å². The molecule has 29 heavy (non-hydrogen) atoms. The van der Waals surface area contributed by atoms with Crippen LogP contribution in [0.15, 0.2) is 71.6 Å². The second-order valence-electron chi connectivity index (χ2n) is 6.75. The maximum atomic E-state index is 12.5. The van der Waals surface area contributed by atoms with Crippen molar-refractivity contribution < 1.29 is 13.5 Å². The van der Waals surface area contributed by atoms with Crippen molar-refractivity contribution in [1.29, 1.82) is 5.41 Å². The average molecular weight is 413 g/mol. The SMILES string of the molecule is N=C(N)c1ccc(NCC(O)CNCS(=O)(=O)c2ccc3ccccc3c2)cc1. The summed E-state index contributed by atoms with van der Waals surface area (Å²) in [6.07, 6.45) is -0.769. The van der Waals surface area contributed by atoms with Gasteiger partial charge in [-0.25, -0.2) is 8.42 Å². The van der Waals surface area contributed by atoms with Crippen LogP contribution >= 0.6 is 0 Å². The fourth-order valence-corrected chi connectivity index (χ4v) is 4.01. The Balaban J connectivity index is 1.49. The van der Waals surface area contributed by atoms with Gasteiger partial charge < -0.3 is 21.5 Å². The van der Waals surface area contributed by atoms with E-state index in [4.69, 9.17) is 11.1 Å². The van der Waals surface area contributed by atoms with Crippen molar-refractivity contribution >= 4 is 32.1 Å². The third kappa shape index (κ3) is 5.54.